The molecule has 2 aliphatic heterocycles. The van der Waals surface area contributed by atoms with Crippen LogP contribution in [0.4, 0.5) is 10.2 Å². The van der Waals surface area contributed by atoms with Crippen molar-refractivity contribution in [3.63, 3.8) is 0 Å². The van der Waals surface area contributed by atoms with Gasteiger partial charge in [0.2, 0.25) is 5.88 Å². The Kier molecular flexibility index (Phi) is 4.79. The van der Waals surface area contributed by atoms with Gasteiger partial charge in [-0.05, 0) is 42.7 Å². The number of rotatable bonds is 5. The van der Waals surface area contributed by atoms with Gasteiger partial charge in [-0.3, -0.25) is 4.57 Å². The second-order valence-electron chi connectivity index (χ2n) is 7.63. The normalized spacial score (nSPS) is 16.5. The van der Waals surface area contributed by atoms with Crippen LogP contribution >= 0.6 is 0 Å². The summed E-state index contributed by atoms with van der Waals surface area (Å²) in [5.41, 5.74) is 0.718. The number of hydrogen-bond acceptors (Lipinski definition) is 6. The van der Waals surface area contributed by atoms with Crippen molar-refractivity contribution < 1.29 is 13.9 Å². The van der Waals surface area contributed by atoms with Gasteiger partial charge in [0.25, 0.3) is 0 Å². The zero-order chi connectivity index (χ0) is 21.4. The van der Waals surface area contributed by atoms with Gasteiger partial charge in [-0.15, -0.1) is 0 Å². The SMILES string of the molecule is N#Cc1cc(COc2cc3n(c(=O)n2)CC2CCCN32)ccc1Oc1cccc(F)c1. The number of nitrogens with zero attached hydrogens (tertiary/aromatic N) is 4. The third-order valence-corrected chi connectivity index (χ3v) is 5.61. The van der Waals surface area contributed by atoms with Gasteiger partial charge >= 0.3 is 5.69 Å². The second-order valence-corrected chi connectivity index (χ2v) is 7.63. The summed E-state index contributed by atoms with van der Waals surface area (Å²) in [5, 5.41) is 9.48. The molecule has 7 nitrogen and oxygen atoms in total. The molecule has 1 unspecified atom stereocenters. The predicted molar refractivity (Wildman–Crippen MR) is 111 cm³/mol. The van der Waals surface area contributed by atoms with Gasteiger partial charge in [-0.1, -0.05) is 12.1 Å². The zero-order valence-electron chi connectivity index (χ0n) is 16.6. The maximum absolute atomic E-state index is 13.4. The Morgan fingerprint density at radius 2 is 2.13 bits per heavy atom. The maximum Gasteiger partial charge on any atom is 0.352 e. The van der Waals surface area contributed by atoms with Crippen LogP contribution in [0.25, 0.3) is 0 Å². The van der Waals surface area contributed by atoms with Crippen molar-refractivity contribution in [2.75, 3.05) is 11.4 Å². The molecular weight excluding hydrogens is 399 g/mol. The third-order valence-electron chi connectivity index (χ3n) is 5.61. The molecule has 0 radical (unpaired) electrons. The highest BCUT2D eigenvalue weighted by molar-refractivity contribution is 5.49. The molecule has 3 heterocycles. The van der Waals surface area contributed by atoms with E-state index in [1.54, 1.807) is 34.9 Å². The minimum atomic E-state index is -0.418. The van der Waals surface area contributed by atoms with Gasteiger partial charge in [-0.25, -0.2) is 9.18 Å². The molecule has 1 aromatic heterocycles. The topological polar surface area (TPSA) is 80.4 Å². The largest absolute Gasteiger partial charge is 0.473 e. The molecule has 0 N–H and O–H groups in total. The summed E-state index contributed by atoms with van der Waals surface area (Å²) in [6.45, 7) is 1.76. The third kappa shape index (κ3) is 3.70. The van der Waals surface area contributed by atoms with Gasteiger partial charge in [0, 0.05) is 31.3 Å². The van der Waals surface area contributed by atoms with Crippen LogP contribution in [0.15, 0.2) is 53.3 Å². The quantitative estimate of drug-likeness (QED) is 0.630. The first-order chi connectivity index (χ1) is 15.1. The number of ether oxygens (including phenoxy) is 2. The molecule has 31 heavy (non-hydrogen) atoms. The first kappa shape index (κ1) is 19.1. The van der Waals surface area contributed by atoms with Crippen LogP contribution < -0.4 is 20.1 Å². The summed E-state index contributed by atoms with van der Waals surface area (Å²) in [6.07, 6.45) is 2.20. The first-order valence-corrected chi connectivity index (χ1v) is 10.1. The molecule has 1 atom stereocenters. The summed E-state index contributed by atoms with van der Waals surface area (Å²) >= 11 is 0. The number of aromatic nitrogens is 2. The first-order valence-electron chi connectivity index (χ1n) is 10.1. The van der Waals surface area contributed by atoms with E-state index >= 15 is 0 Å². The molecule has 0 amide bonds. The lowest BCUT2D eigenvalue weighted by atomic mass is 10.1. The highest BCUT2D eigenvalue weighted by atomic mass is 19.1. The summed E-state index contributed by atoms with van der Waals surface area (Å²) < 4.78 is 26.5. The minimum absolute atomic E-state index is 0.147. The van der Waals surface area contributed by atoms with E-state index in [0.29, 0.717) is 29.6 Å². The predicted octanol–water partition coefficient (Wildman–Crippen LogP) is 3.61. The standard InChI is InChI=1S/C23H19FN4O3/c24-17-3-1-5-19(10-17)31-20-7-6-15(9-16(20)12-25)14-30-21-11-22-27-8-2-4-18(27)13-28(22)23(29)26-21/h1,3,5-7,9-11,18H,2,4,8,13-14H2. The van der Waals surface area contributed by atoms with Gasteiger partial charge < -0.3 is 14.4 Å². The summed E-state index contributed by atoms with van der Waals surface area (Å²) in [7, 11) is 0. The van der Waals surface area contributed by atoms with Crippen molar-refractivity contribution in [2.45, 2.75) is 32.0 Å². The molecule has 3 aromatic rings. The molecule has 1 fully saturated rings. The fraction of sp³-hybridized carbons (Fsp3) is 0.261. The minimum Gasteiger partial charge on any atom is -0.473 e. The lowest BCUT2D eigenvalue weighted by molar-refractivity contribution is 0.291. The van der Waals surface area contributed by atoms with Crippen molar-refractivity contribution in [1.82, 2.24) is 9.55 Å². The molecule has 156 valence electrons. The zero-order valence-corrected chi connectivity index (χ0v) is 16.6. The lowest BCUT2D eigenvalue weighted by Crippen LogP contribution is -2.24. The van der Waals surface area contributed by atoms with Crippen LogP contribution in [0.2, 0.25) is 0 Å². The second kappa shape index (κ2) is 7.76. The van der Waals surface area contributed by atoms with E-state index in [1.807, 2.05) is 0 Å². The number of benzene rings is 2. The molecule has 8 heteroatoms. The number of halogens is 1. The smallest absolute Gasteiger partial charge is 0.352 e. The Labute approximate surface area is 177 Å². The Morgan fingerprint density at radius 3 is 2.97 bits per heavy atom. The van der Waals surface area contributed by atoms with E-state index in [4.69, 9.17) is 9.47 Å². The van der Waals surface area contributed by atoms with E-state index in [9.17, 15) is 14.4 Å². The van der Waals surface area contributed by atoms with E-state index < -0.39 is 5.82 Å². The van der Waals surface area contributed by atoms with E-state index in [1.165, 1.54) is 18.2 Å². The molecule has 0 spiro atoms. The van der Waals surface area contributed by atoms with Crippen molar-refractivity contribution in [1.29, 1.82) is 5.26 Å². The molecule has 0 aliphatic carbocycles. The Balaban J connectivity index is 1.32. The van der Waals surface area contributed by atoms with Gasteiger partial charge in [-0.2, -0.15) is 10.2 Å². The molecule has 0 saturated carbocycles. The van der Waals surface area contributed by atoms with Crippen molar-refractivity contribution in [2.24, 2.45) is 0 Å². The maximum atomic E-state index is 13.4. The Hall–Kier alpha value is -3.86. The van der Waals surface area contributed by atoms with E-state index in [0.717, 1.165) is 30.8 Å². The van der Waals surface area contributed by atoms with Crippen molar-refractivity contribution >= 4 is 5.82 Å². The van der Waals surface area contributed by atoms with Crippen LogP contribution in [0.3, 0.4) is 0 Å². The number of nitriles is 1. The monoisotopic (exact) mass is 418 g/mol. The van der Waals surface area contributed by atoms with Crippen LogP contribution in [0.5, 0.6) is 17.4 Å². The Bertz CT molecular complexity index is 1250. The molecule has 0 bridgehead atoms. The summed E-state index contributed by atoms with van der Waals surface area (Å²) in [5.74, 6) is 1.34. The van der Waals surface area contributed by atoms with Crippen molar-refractivity contribution in [3.05, 3.63) is 76.0 Å². The molecule has 5 rings (SSSR count). The Morgan fingerprint density at radius 1 is 1.23 bits per heavy atom. The number of fused-ring (bicyclic) bond motifs is 3. The highest BCUT2D eigenvalue weighted by Crippen LogP contribution is 2.33. The highest BCUT2D eigenvalue weighted by Gasteiger charge is 2.34. The fourth-order valence-electron chi connectivity index (χ4n) is 4.15. The van der Waals surface area contributed by atoms with Crippen LogP contribution in [0, 0.1) is 17.1 Å². The van der Waals surface area contributed by atoms with Crippen LogP contribution in [-0.2, 0) is 13.2 Å². The van der Waals surface area contributed by atoms with Gasteiger partial charge in [0.15, 0.2) is 0 Å². The summed E-state index contributed by atoms with van der Waals surface area (Å²) in [4.78, 5) is 18.7. The van der Waals surface area contributed by atoms with Gasteiger partial charge in [0.1, 0.15) is 35.8 Å². The van der Waals surface area contributed by atoms with Gasteiger partial charge in [0.05, 0.1) is 5.56 Å². The van der Waals surface area contributed by atoms with E-state index in [-0.39, 0.29) is 18.2 Å². The van der Waals surface area contributed by atoms with Crippen LogP contribution in [0.1, 0.15) is 24.0 Å². The average Bonchev–Trinajstić information content (AvgIpc) is 3.35. The summed E-state index contributed by atoms with van der Waals surface area (Å²) in [6, 6.07) is 15.0. The molecular formula is C23H19FN4O3. The average molecular weight is 418 g/mol. The molecule has 1 saturated heterocycles. The van der Waals surface area contributed by atoms with E-state index in [2.05, 4.69) is 16.0 Å². The fourth-order valence-corrected chi connectivity index (χ4v) is 4.15. The van der Waals surface area contributed by atoms with Crippen LogP contribution in [-0.4, -0.2) is 22.1 Å². The van der Waals surface area contributed by atoms with Crippen molar-refractivity contribution in [3.8, 4) is 23.4 Å². The number of hydrogen-bond donors (Lipinski definition) is 0. The molecule has 2 aliphatic rings. The molecule has 2 aromatic carbocycles. The lowest BCUT2D eigenvalue weighted by Gasteiger charge is -2.17. The number of anilines is 1.